The van der Waals surface area contributed by atoms with Gasteiger partial charge in [0.1, 0.15) is 11.9 Å². The second-order valence-electron chi connectivity index (χ2n) is 5.92. The minimum Gasteiger partial charge on any atom is -0.324 e. The quantitative estimate of drug-likeness (QED) is 0.797. The average Bonchev–Trinajstić information content (AvgIpc) is 2.81. The predicted octanol–water partition coefficient (Wildman–Crippen LogP) is 4.06. The molecule has 1 atom stereocenters. The number of halogens is 3. The molecule has 2 aromatic carbocycles. The van der Waals surface area contributed by atoms with E-state index in [0.29, 0.717) is 11.3 Å². The van der Waals surface area contributed by atoms with E-state index in [9.17, 15) is 18.8 Å². The van der Waals surface area contributed by atoms with Crippen molar-refractivity contribution in [2.45, 2.75) is 19.9 Å². The van der Waals surface area contributed by atoms with Gasteiger partial charge in [-0.15, -0.1) is 0 Å². The van der Waals surface area contributed by atoms with Crippen molar-refractivity contribution in [1.82, 2.24) is 4.90 Å². The molecular formula is C18H13Cl2FN2O3. The van der Waals surface area contributed by atoms with Gasteiger partial charge in [0.15, 0.2) is 0 Å². The van der Waals surface area contributed by atoms with Gasteiger partial charge in [0.25, 0.3) is 11.8 Å². The van der Waals surface area contributed by atoms with Crippen LogP contribution in [0.3, 0.4) is 0 Å². The first-order chi connectivity index (χ1) is 12.2. The largest absolute Gasteiger partial charge is 0.324 e. The summed E-state index contributed by atoms with van der Waals surface area (Å²) in [4.78, 5) is 38.5. The molecule has 1 aliphatic heterocycles. The Morgan fingerprint density at radius 2 is 1.62 bits per heavy atom. The van der Waals surface area contributed by atoms with Gasteiger partial charge in [0, 0.05) is 5.69 Å². The van der Waals surface area contributed by atoms with E-state index in [-0.39, 0.29) is 21.2 Å². The topological polar surface area (TPSA) is 66.5 Å². The number of nitrogens with zero attached hydrogens (tertiary/aromatic N) is 1. The van der Waals surface area contributed by atoms with E-state index in [1.165, 1.54) is 37.3 Å². The van der Waals surface area contributed by atoms with E-state index in [1.807, 2.05) is 0 Å². The molecule has 1 N–H and O–H groups in total. The number of anilines is 1. The molecule has 5 nitrogen and oxygen atoms in total. The average molecular weight is 395 g/mol. The summed E-state index contributed by atoms with van der Waals surface area (Å²) in [7, 11) is 0. The van der Waals surface area contributed by atoms with Crippen LogP contribution in [0.1, 0.15) is 33.2 Å². The number of imide groups is 1. The molecular weight excluding hydrogens is 382 g/mol. The van der Waals surface area contributed by atoms with Crippen LogP contribution in [0.2, 0.25) is 10.0 Å². The first-order valence-corrected chi connectivity index (χ1v) is 8.40. The van der Waals surface area contributed by atoms with E-state index >= 15 is 0 Å². The van der Waals surface area contributed by atoms with Gasteiger partial charge < -0.3 is 5.32 Å². The van der Waals surface area contributed by atoms with E-state index < -0.39 is 29.6 Å². The number of aryl methyl sites for hydroxylation is 1. The lowest BCUT2D eigenvalue weighted by atomic mass is 10.1. The van der Waals surface area contributed by atoms with Crippen molar-refractivity contribution >= 4 is 46.6 Å². The molecule has 1 heterocycles. The number of benzene rings is 2. The summed E-state index contributed by atoms with van der Waals surface area (Å²) < 4.78 is 13.2. The minimum absolute atomic E-state index is 0.0991. The minimum atomic E-state index is -1.08. The molecule has 0 spiro atoms. The molecule has 3 rings (SSSR count). The van der Waals surface area contributed by atoms with Crippen molar-refractivity contribution in [1.29, 1.82) is 0 Å². The molecule has 8 heteroatoms. The van der Waals surface area contributed by atoms with E-state index in [2.05, 4.69) is 5.32 Å². The SMILES string of the molecule is Cc1cc(F)ccc1NC(=O)[C@H](C)N1C(=O)c2cc(Cl)c(Cl)cc2C1=O. The molecule has 0 saturated carbocycles. The highest BCUT2D eigenvalue weighted by molar-refractivity contribution is 6.43. The maximum absolute atomic E-state index is 13.2. The second-order valence-corrected chi connectivity index (χ2v) is 6.73. The van der Waals surface area contributed by atoms with E-state index in [1.54, 1.807) is 6.92 Å². The van der Waals surface area contributed by atoms with Crippen molar-refractivity contribution in [2.24, 2.45) is 0 Å². The second kappa shape index (κ2) is 6.70. The van der Waals surface area contributed by atoms with Crippen LogP contribution in [0.4, 0.5) is 10.1 Å². The molecule has 0 radical (unpaired) electrons. The van der Waals surface area contributed by atoms with Crippen molar-refractivity contribution < 1.29 is 18.8 Å². The lowest BCUT2D eigenvalue weighted by Gasteiger charge is -2.22. The first kappa shape index (κ1) is 18.4. The van der Waals surface area contributed by atoms with Crippen molar-refractivity contribution in [3.8, 4) is 0 Å². The normalized spacial score (nSPS) is 14.4. The molecule has 26 heavy (non-hydrogen) atoms. The van der Waals surface area contributed by atoms with Gasteiger partial charge in [0.05, 0.1) is 21.2 Å². The fourth-order valence-corrected chi connectivity index (χ4v) is 3.05. The molecule has 0 saturated heterocycles. The Morgan fingerprint density at radius 3 is 2.12 bits per heavy atom. The van der Waals surface area contributed by atoms with Crippen molar-refractivity contribution in [2.75, 3.05) is 5.32 Å². The van der Waals surface area contributed by atoms with Gasteiger partial charge in [-0.05, 0) is 49.7 Å². The van der Waals surface area contributed by atoms with Crippen LogP contribution < -0.4 is 5.32 Å². The van der Waals surface area contributed by atoms with Crippen LogP contribution in [-0.2, 0) is 4.79 Å². The summed E-state index contributed by atoms with van der Waals surface area (Å²) in [6.45, 7) is 3.06. The molecule has 0 aromatic heterocycles. The summed E-state index contributed by atoms with van der Waals surface area (Å²) in [6, 6.07) is 5.44. The Morgan fingerprint density at radius 1 is 1.08 bits per heavy atom. The molecule has 0 unspecified atom stereocenters. The fraction of sp³-hybridized carbons (Fsp3) is 0.167. The highest BCUT2D eigenvalue weighted by Crippen LogP contribution is 2.32. The molecule has 3 amide bonds. The first-order valence-electron chi connectivity index (χ1n) is 7.64. The lowest BCUT2D eigenvalue weighted by Crippen LogP contribution is -2.45. The highest BCUT2D eigenvalue weighted by atomic mass is 35.5. The van der Waals surface area contributed by atoms with Crippen LogP contribution >= 0.6 is 23.2 Å². The monoisotopic (exact) mass is 394 g/mol. The Balaban J connectivity index is 1.86. The fourth-order valence-electron chi connectivity index (χ4n) is 2.73. The van der Waals surface area contributed by atoms with Crippen LogP contribution in [0.15, 0.2) is 30.3 Å². The van der Waals surface area contributed by atoms with Crippen LogP contribution in [0.25, 0.3) is 0 Å². The number of fused-ring (bicyclic) bond motifs is 1. The zero-order valence-corrected chi connectivity index (χ0v) is 15.3. The number of hydrogen-bond acceptors (Lipinski definition) is 3. The summed E-state index contributed by atoms with van der Waals surface area (Å²) in [5.74, 6) is -2.25. The number of nitrogens with one attached hydrogen (secondary N) is 1. The van der Waals surface area contributed by atoms with E-state index in [0.717, 1.165) is 4.90 Å². The van der Waals surface area contributed by atoms with Gasteiger partial charge in [-0.3, -0.25) is 19.3 Å². The smallest absolute Gasteiger partial charge is 0.262 e. The summed E-state index contributed by atoms with van der Waals surface area (Å²) in [6.07, 6.45) is 0. The lowest BCUT2D eigenvalue weighted by molar-refractivity contribution is -0.119. The number of carbonyl (C=O) groups excluding carboxylic acids is 3. The van der Waals surface area contributed by atoms with E-state index in [4.69, 9.17) is 23.2 Å². The van der Waals surface area contributed by atoms with Crippen molar-refractivity contribution in [3.05, 3.63) is 62.9 Å². The van der Waals surface area contributed by atoms with Crippen LogP contribution in [0.5, 0.6) is 0 Å². The molecule has 134 valence electrons. The van der Waals surface area contributed by atoms with Crippen LogP contribution in [-0.4, -0.2) is 28.7 Å². The molecule has 2 aromatic rings. The number of amides is 3. The third kappa shape index (κ3) is 3.06. The van der Waals surface area contributed by atoms with Crippen LogP contribution in [0, 0.1) is 12.7 Å². The zero-order chi connectivity index (χ0) is 19.2. The van der Waals surface area contributed by atoms with Gasteiger partial charge in [-0.2, -0.15) is 0 Å². The standard InChI is InChI=1S/C18H13Cl2FN2O3/c1-8-5-10(21)3-4-15(8)22-16(24)9(2)23-17(25)11-6-13(19)14(20)7-12(11)18(23)26/h3-7,9H,1-2H3,(H,22,24)/t9-/m0/s1. The number of rotatable bonds is 3. The Kier molecular flexibility index (Phi) is 4.73. The Labute approximate surface area is 158 Å². The van der Waals surface area contributed by atoms with Gasteiger partial charge in [0.2, 0.25) is 5.91 Å². The Bertz CT molecular complexity index is 921. The zero-order valence-electron chi connectivity index (χ0n) is 13.8. The molecule has 0 fully saturated rings. The van der Waals surface area contributed by atoms with Gasteiger partial charge in [-0.25, -0.2) is 4.39 Å². The van der Waals surface area contributed by atoms with Gasteiger partial charge >= 0.3 is 0 Å². The predicted molar refractivity (Wildman–Crippen MR) is 96.2 cm³/mol. The molecule has 1 aliphatic rings. The van der Waals surface area contributed by atoms with Gasteiger partial charge in [-0.1, -0.05) is 23.2 Å². The molecule has 0 bridgehead atoms. The Hall–Kier alpha value is -2.44. The molecule has 0 aliphatic carbocycles. The third-order valence-corrected chi connectivity index (χ3v) is 4.89. The number of carbonyl (C=O) groups is 3. The maximum atomic E-state index is 13.2. The highest BCUT2D eigenvalue weighted by Gasteiger charge is 2.41. The van der Waals surface area contributed by atoms with Crippen molar-refractivity contribution in [3.63, 3.8) is 0 Å². The number of hydrogen-bond donors (Lipinski definition) is 1. The summed E-state index contributed by atoms with van der Waals surface area (Å²) in [5, 5.41) is 2.89. The summed E-state index contributed by atoms with van der Waals surface area (Å²) >= 11 is 11.8. The third-order valence-electron chi connectivity index (χ3n) is 4.17. The maximum Gasteiger partial charge on any atom is 0.262 e. The summed E-state index contributed by atoms with van der Waals surface area (Å²) in [5.41, 5.74) is 1.11.